The Morgan fingerprint density at radius 2 is 1.83 bits per heavy atom. The second-order valence-corrected chi connectivity index (χ2v) is 7.34. The minimum atomic E-state index is -0.345. The molecule has 0 aromatic heterocycles. The van der Waals surface area contributed by atoms with Gasteiger partial charge in [-0.15, -0.1) is 0 Å². The number of ether oxygens (including phenoxy) is 2. The molecule has 0 saturated heterocycles. The first kappa shape index (κ1) is 21.7. The highest BCUT2D eigenvalue weighted by molar-refractivity contribution is 6.35. The average molecular weight is 443 g/mol. The van der Waals surface area contributed by atoms with Crippen LogP contribution in [0.25, 0.3) is 0 Å². The first-order valence-corrected chi connectivity index (χ1v) is 9.86. The lowest BCUT2D eigenvalue weighted by molar-refractivity contribution is 0.0952. The largest absolute Gasteiger partial charge is 0.496 e. The smallest absolute Gasteiger partial charge is 0.275 e. The summed E-state index contributed by atoms with van der Waals surface area (Å²) in [6.07, 6.45) is 1.55. The van der Waals surface area contributed by atoms with Crippen molar-refractivity contribution in [1.29, 1.82) is 0 Å². The van der Waals surface area contributed by atoms with Crippen molar-refractivity contribution >= 4 is 35.3 Å². The van der Waals surface area contributed by atoms with E-state index in [1.807, 2.05) is 43.3 Å². The van der Waals surface area contributed by atoms with Crippen LogP contribution in [-0.4, -0.2) is 19.2 Å². The molecule has 0 bridgehead atoms. The fourth-order valence-electron chi connectivity index (χ4n) is 2.66. The molecule has 0 aliphatic rings. The quantitative estimate of drug-likeness (QED) is 0.379. The molecular weight excluding hydrogens is 423 g/mol. The second kappa shape index (κ2) is 10.1. The SMILES string of the molecule is COc1cc(C)ccc1C(=O)N/N=C\c1ccc(OCc2ccc(Cl)cc2Cl)cc1. The van der Waals surface area contributed by atoms with E-state index in [2.05, 4.69) is 10.5 Å². The van der Waals surface area contributed by atoms with Crippen LogP contribution < -0.4 is 14.9 Å². The zero-order valence-electron chi connectivity index (χ0n) is 16.5. The maximum Gasteiger partial charge on any atom is 0.275 e. The van der Waals surface area contributed by atoms with Crippen molar-refractivity contribution < 1.29 is 14.3 Å². The molecule has 3 aromatic rings. The number of nitrogens with one attached hydrogen (secondary N) is 1. The van der Waals surface area contributed by atoms with E-state index in [4.69, 9.17) is 32.7 Å². The number of carbonyl (C=O) groups excluding carboxylic acids is 1. The standard InChI is InChI=1S/C23H20Cl2N2O3/c1-15-3-10-20(22(11-15)29-2)23(28)27-26-13-16-4-8-19(9-5-16)30-14-17-6-7-18(24)12-21(17)25/h3-13H,14H2,1-2H3,(H,27,28)/b26-13-. The van der Waals surface area contributed by atoms with Crippen LogP contribution in [0.1, 0.15) is 27.0 Å². The lowest BCUT2D eigenvalue weighted by Crippen LogP contribution is -2.18. The Morgan fingerprint density at radius 3 is 2.53 bits per heavy atom. The number of rotatable bonds is 7. The van der Waals surface area contributed by atoms with E-state index in [-0.39, 0.29) is 5.91 Å². The summed E-state index contributed by atoms with van der Waals surface area (Å²) in [7, 11) is 1.53. The molecule has 0 aliphatic carbocycles. The van der Waals surface area contributed by atoms with Gasteiger partial charge >= 0.3 is 0 Å². The van der Waals surface area contributed by atoms with Gasteiger partial charge in [-0.3, -0.25) is 4.79 Å². The molecule has 0 spiro atoms. The van der Waals surface area contributed by atoms with Crippen LogP contribution in [0.15, 0.2) is 65.8 Å². The third kappa shape index (κ3) is 5.75. The van der Waals surface area contributed by atoms with Crippen LogP contribution in [0.2, 0.25) is 10.0 Å². The van der Waals surface area contributed by atoms with Crippen LogP contribution in [-0.2, 0) is 6.61 Å². The van der Waals surface area contributed by atoms with Gasteiger partial charge in [-0.05, 0) is 66.6 Å². The Hall–Kier alpha value is -3.02. The maximum atomic E-state index is 12.3. The molecule has 0 saturated carbocycles. The van der Waals surface area contributed by atoms with E-state index in [0.717, 1.165) is 16.7 Å². The van der Waals surface area contributed by atoms with Crippen molar-refractivity contribution in [3.05, 3.63) is 93.0 Å². The van der Waals surface area contributed by atoms with Gasteiger partial charge in [-0.2, -0.15) is 5.10 Å². The Labute approximate surface area is 185 Å². The van der Waals surface area contributed by atoms with Gasteiger partial charge in [0, 0.05) is 15.6 Å². The highest BCUT2D eigenvalue weighted by Gasteiger charge is 2.11. The number of hydrogen-bond donors (Lipinski definition) is 1. The van der Waals surface area contributed by atoms with Crippen molar-refractivity contribution in [2.45, 2.75) is 13.5 Å². The van der Waals surface area contributed by atoms with Crippen molar-refractivity contribution in [2.75, 3.05) is 7.11 Å². The molecule has 3 aromatic carbocycles. The van der Waals surface area contributed by atoms with E-state index in [0.29, 0.717) is 33.7 Å². The maximum absolute atomic E-state index is 12.3. The molecule has 7 heteroatoms. The molecular formula is C23H20Cl2N2O3. The summed E-state index contributed by atoms with van der Waals surface area (Å²) in [5.41, 5.74) is 5.59. The normalized spacial score (nSPS) is 10.8. The van der Waals surface area contributed by atoms with Gasteiger partial charge in [0.05, 0.1) is 18.9 Å². The predicted octanol–water partition coefficient (Wildman–Crippen LogP) is 5.65. The molecule has 0 fully saturated rings. The number of benzene rings is 3. The molecule has 154 valence electrons. The molecule has 0 heterocycles. The second-order valence-electron chi connectivity index (χ2n) is 6.50. The summed E-state index contributed by atoms with van der Waals surface area (Å²) in [6.45, 7) is 2.26. The predicted molar refractivity (Wildman–Crippen MR) is 120 cm³/mol. The van der Waals surface area contributed by atoms with Gasteiger partial charge in [0.15, 0.2) is 0 Å². The van der Waals surface area contributed by atoms with Gasteiger partial charge in [-0.25, -0.2) is 5.43 Å². The fourth-order valence-corrected chi connectivity index (χ4v) is 3.12. The summed E-state index contributed by atoms with van der Waals surface area (Å²) >= 11 is 12.0. The summed E-state index contributed by atoms with van der Waals surface area (Å²) in [5.74, 6) is 0.847. The van der Waals surface area contributed by atoms with E-state index < -0.39 is 0 Å². The Bertz CT molecular complexity index is 1070. The fraction of sp³-hybridized carbons (Fsp3) is 0.130. The number of amides is 1. The van der Waals surface area contributed by atoms with Crippen LogP contribution in [0.4, 0.5) is 0 Å². The summed E-state index contributed by atoms with van der Waals surface area (Å²) < 4.78 is 11.0. The topological polar surface area (TPSA) is 59.9 Å². The van der Waals surface area contributed by atoms with Crippen molar-refractivity contribution in [3.8, 4) is 11.5 Å². The Balaban J connectivity index is 1.56. The first-order valence-electron chi connectivity index (χ1n) is 9.11. The molecule has 1 amide bonds. The van der Waals surface area contributed by atoms with Crippen LogP contribution in [0.5, 0.6) is 11.5 Å². The number of halogens is 2. The van der Waals surface area contributed by atoms with Crippen molar-refractivity contribution in [2.24, 2.45) is 5.10 Å². The van der Waals surface area contributed by atoms with Gasteiger partial charge in [-0.1, -0.05) is 35.3 Å². The monoisotopic (exact) mass is 442 g/mol. The van der Waals surface area contributed by atoms with Crippen molar-refractivity contribution in [3.63, 3.8) is 0 Å². The number of hydrogen-bond acceptors (Lipinski definition) is 4. The number of methoxy groups -OCH3 is 1. The van der Waals surface area contributed by atoms with Crippen LogP contribution in [0, 0.1) is 6.92 Å². The number of nitrogens with zero attached hydrogens (tertiary/aromatic N) is 1. The molecule has 0 radical (unpaired) electrons. The van der Waals surface area contributed by atoms with Crippen LogP contribution >= 0.6 is 23.2 Å². The minimum absolute atomic E-state index is 0.331. The molecule has 1 N–H and O–H groups in total. The van der Waals surface area contributed by atoms with Gasteiger partial charge in [0.1, 0.15) is 18.1 Å². The summed E-state index contributed by atoms with van der Waals surface area (Å²) in [6, 6.07) is 17.9. The number of hydrazone groups is 1. The summed E-state index contributed by atoms with van der Waals surface area (Å²) in [4.78, 5) is 12.3. The number of carbonyl (C=O) groups is 1. The summed E-state index contributed by atoms with van der Waals surface area (Å²) in [5, 5.41) is 5.15. The Morgan fingerprint density at radius 1 is 1.07 bits per heavy atom. The molecule has 0 aliphatic heterocycles. The van der Waals surface area contributed by atoms with E-state index >= 15 is 0 Å². The molecule has 30 heavy (non-hydrogen) atoms. The van der Waals surface area contributed by atoms with E-state index in [1.165, 1.54) is 7.11 Å². The third-order valence-corrected chi connectivity index (χ3v) is 4.86. The van der Waals surface area contributed by atoms with Crippen LogP contribution in [0.3, 0.4) is 0 Å². The molecule has 0 unspecified atom stereocenters. The third-order valence-electron chi connectivity index (χ3n) is 4.27. The molecule has 0 atom stereocenters. The highest BCUT2D eigenvalue weighted by atomic mass is 35.5. The average Bonchev–Trinajstić information content (AvgIpc) is 2.74. The lowest BCUT2D eigenvalue weighted by Gasteiger charge is -2.08. The van der Waals surface area contributed by atoms with E-state index in [9.17, 15) is 4.79 Å². The van der Waals surface area contributed by atoms with E-state index in [1.54, 1.807) is 30.5 Å². The molecule has 5 nitrogen and oxygen atoms in total. The van der Waals surface area contributed by atoms with Gasteiger partial charge in [0.2, 0.25) is 0 Å². The van der Waals surface area contributed by atoms with Gasteiger partial charge in [0.25, 0.3) is 5.91 Å². The first-order chi connectivity index (χ1) is 14.5. The van der Waals surface area contributed by atoms with Gasteiger partial charge < -0.3 is 9.47 Å². The zero-order valence-corrected chi connectivity index (χ0v) is 18.0. The zero-order chi connectivity index (χ0) is 21.5. The highest BCUT2D eigenvalue weighted by Crippen LogP contribution is 2.23. The van der Waals surface area contributed by atoms with Crippen molar-refractivity contribution in [1.82, 2.24) is 5.43 Å². The Kier molecular flexibility index (Phi) is 7.33. The minimum Gasteiger partial charge on any atom is -0.496 e. The lowest BCUT2D eigenvalue weighted by atomic mass is 10.1. The molecule has 3 rings (SSSR count). The number of aryl methyl sites for hydroxylation is 1.